The van der Waals surface area contributed by atoms with E-state index in [-0.39, 0.29) is 36.1 Å². The van der Waals surface area contributed by atoms with Gasteiger partial charge in [-0.2, -0.15) is 0 Å². The Labute approximate surface area is 225 Å². The number of hydrogen-bond donors (Lipinski definition) is 4. The number of fused-ring (bicyclic) bond motifs is 2. The number of rotatable bonds is 8. The smallest absolute Gasteiger partial charge is 0.307 e. The first-order valence-corrected chi connectivity index (χ1v) is 12.5. The lowest BCUT2D eigenvalue weighted by Gasteiger charge is -2.31. The number of carboxylic acids is 1. The maximum Gasteiger partial charge on any atom is 0.307 e. The SMILES string of the molecule is CCOc1cc2c(nc1C(=O)NC)C(=N)N(CC(=O)c1cc3c(c(C(C)(C)C)c1)OC(CC(=O)O)C(=O)N3)C2. The van der Waals surface area contributed by atoms with Crippen molar-refractivity contribution in [1.82, 2.24) is 15.2 Å². The van der Waals surface area contributed by atoms with Gasteiger partial charge >= 0.3 is 5.97 Å². The zero-order valence-electron chi connectivity index (χ0n) is 22.4. The third-order valence-corrected chi connectivity index (χ3v) is 6.43. The van der Waals surface area contributed by atoms with E-state index in [1.54, 1.807) is 24.0 Å². The summed E-state index contributed by atoms with van der Waals surface area (Å²) < 4.78 is 11.4. The molecule has 12 heteroatoms. The summed E-state index contributed by atoms with van der Waals surface area (Å²) in [7, 11) is 1.48. The number of aromatic nitrogens is 1. The van der Waals surface area contributed by atoms with Crippen LogP contribution in [0.5, 0.6) is 11.5 Å². The zero-order valence-corrected chi connectivity index (χ0v) is 22.4. The molecule has 4 N–H and O–H groups in total. The Balaban J connectivity index is 1.63. The quantitative estimate of drug-likeness (QED) is 0.369. The van der Waals surface area contributed by atoms with Gasteiger partial charge in [0.2, 0.25) is 0 Å². The molecular weight excluding hydrogens is 506 g/mol. The minimum atomic E-state index is -1.19. The summed E-state index contributed by atoms with van der Waals surface area (Å²) in [5.41, 5.74) is 1.76. The normalized spacial score (nSPS) is 16.1. The van der Waals surface area contributed by atoms with Gasteiger partial charge in [0, 0.05) is 30.3 Å². The molecule has 1 aromatic carbocycles. The molecule has 3 heterocycles. The summed E-state index contributed by atoms with van der Waals surface area (Å²) >= 11 is 0. The van der Waals surface area contributed by atoms with Gasteiger partial charge in [0.05, 0.1) is 25.3 Å². The fraction of sp³-hybridized carbons (Fsp3) is 0.407. The van der Waals surface area contributed by atoms with Gasteiger partial charge in [-0.05, 0) is 30.5 Å². The van der Waals surface area contributed by atoms with Crippen molar-refractivity contribution in [3.05, 3.63) is 46.3 Å². The number of ketones is 1. The van der Waals surface area contributed by atoms with Gasteiger partial charge in [-0.25, -0.2) is 4.98 Å². The van der Waals surface area contributed by atoms with Crippen molar-refractivity contribution < 1.29 is 33.8 Å². The van der Waals surface area contributed by atoms with E-state index in [2.05, 4.69) is 15.6 Å². The summed E-state index contributed by atoms with van der Waals surface area (Å²) in [6.07, 6.45) is -1.68. The third kappa shape index (κ3) is 5.40. The van der Waals surface area contributed by atoms with Crippen molar-refractivity contribution in [3.8, 4) is 11.5 Å². The second-order valence-corrected chi connectivity index (χ2v) is 10.3. The first kappa shape index (κ1) is 27.6. The maximum absolute atomic E-state index is 13.5. The molecule has 2 aromatic rings. The van der Waals surface area contributed by atoms with Crippen molar-refractivity contribution >= 4 is 35.1 Å². The number of ether oxygens (including phenoxy) is 2. The molecule has 1 atom stereocenters. The summed E-state index contributed by atoms with van der Waals surface area (Å²) in [6, 6.07) is 4.86. The first-order chi connectivity index (χ1) is 18.3. The van der Waals surface area contributed by atoms with Crippen LogP contribution in [0.1, 0.15) is 71.8 Å². The lowest BCUT2D eigenvalue weighted by Crippen LogP contribution is -2.39. The molecule has 2 aliphatic rings. The Hall–Kier alpha value is -4.48. The molecule has 4 rings (SSSR count). The van der Waals surface area contributed by atoms with Crippen LogP contribution in [0.15, 0.2) is 18.2 Å². The van der Waals surface area contributed by atoms with Crippen LogP contribution in [-0.4, -0.2) is 70.7 Å². The summed E-state index contributed by atoms with van der Waals surface area (Å²) in [5.74, 6) is -1.87. The molecule has 39 heavy (non-hydrogen) atoms. The van der Waals surface area contributed by atoms with Crippen LogP contribution in [0, 0.1) is 5.41 Å². The molecule has 0 aliphatic carbocycles. The largest absolute Gasteiger partial charge is 0.491 e. The Morgan fingerprint density at radius 2 is 2.00 bits per heavy atom. The highest BCUT2D eigenvalue weighted by atomic mass is 16.5. The highest BCUT2D eigenvalue weighted by molar-refractivity contribution is 6.07. The Morgan fingerprint density at radius 3 is 2.62 bits per heavy atom. The van der Waals surface area contributed by atoms with Gasteiger partial charge in [-0.15, -0.1) is 0 Å². The molecule has 1 unspecified atom stereocenters. The summed E-state index contributed by atoms with van der Waals surface area (Å²) in [5, 5.41) is 23.0. The van der Waals surface area contributed by atoms with Crippen LogP contribution < -0.4 is 20.1 Å². The van der Waals surface area contributed by atoms with E-state index < -0.39 is 35.7 Å². The zero-order chi connectivity index (χ0) is 28.6. The molecule has 0 bridgehead atoms. The second kappa shape index (κ2) is 10.4. The number of aliphatic carboxylic acids is 1. The highest BCUT2D eigenvalue weighted by Crippen LogP contribution is 2.41. The fourth-order valence-corrected chi connectivity index (χ4v) is 4.51. The van der Waals surface area contributed by atoms with Gasteiger partial charge in [0.25, 0.3) is 11.8 Å². The number of amides is 2. The minimum Gasteiger partial charge on any atom is -0.491 e. The number of carboxylic acid groups (broad SMARTS) is 1. The number of anilines is 1. The van der Waals surface area contributed by atoms with Crippen LogP contribution in [0.25, 0.3) is 0 Å². The minimum absolute atomic E-state index is 0.00806. The number of carbonyl (C=O) groups excluding carboxylic acids is 3. The van der Waals surface area contributed by atoms with E-state index in [0.717, 1.165) is 0 Å². The molecule has 0 saturated carbocycles. The monoisotopic (exact) mass is 537 g/mol. The van der Waals surface area contributed by atoms with E-state index in [9.17, 15) is 19.2 Å². The Morgan fingerprint density at radius 1 is 1.28 bits per heavy atom. The number of amidine groups is 1. The van der Waals surface area contributed by atoms with Gasteiger partial charge in [-0.3, -0.25) is 24.6 Å². The molecule has 206 valence electrons. The second-order valence-electron chi connectivity index (χ2n) is 10.3. The average Bonchev–Trinajstić information content (AvgIpc) is 3.16. The number of nitrogens with one attached hydrogen (secondary N) is 3. The number of pyridine rings is 1. The molecule has 0 saturated heterocycles. The first-order valence-electron chi connectivity index (χ1n) is 12.5. The van der Waals surface area contributed by atoms with E-state index in [0.29, 0.717) is 40.5 Å². The van der Waals surface area contributed by atoms with Crippen molar-refractivity contribution in [2.75, 3.05) is 25.5 Å². The van der Waals surface area contributed by atoms with E-state index >= 15 is 0 Å². The lowest BCUT2D eigenvalue weighted by molar-refractivity contribution is -0.142. The number of benzene rings is 1. The average molecular weight is 538 g/mol. The highest BCUT2D eigenvalue weighted by Gasteiger charge is 2.36. The molecular formula is C27H31N5O7. The molecule has 0 fully saturated rings. The predicted octanol–water partition coefficient (Wildman–Crippen LogP) is 2.34. The molecule has 0 radical (unpaired) electrons. The molecule has 12 nitrogen and oxygen atoms in total. The Kier molecular flexibility index (Phi) is 7.31. The van der Waals surface area contributed by atoms with Crippen molar-refractivity contribution in [1.29, 1.82) is 5.41 Å². The standard InChI is InChI=1S/C27H31N5O7/c1-6-38-18-9-14-11-32(24(28)21(14)31-22(18)26(37)29-5)12-17(33)13-7-15(27(2,3)4)23-16(8-13)30-25(36)19(39-23)10-20(34)35/h7-9,19,28H,6,10-12H2,1-5H3,(H,29,37)(H,30,36)(H,34,35). The Bertz CT molecular complexity index is 1400. The number of nitrogens with zero attached hydrogens (tertiary/aromatic N) is 2. The van der Waals surface area contributed by atoms with E-state index in [4.69, 9.17) is 20.0 Å². The lowest BCUT2D eigenvalue weighted by atomic mass is 9.84. The molecule has 2 aliphatic heterocycles. The number of hydrogen-bond acceptors (Lipinski definition) is 8. The summed E-state index contributed by atoms with van der Waals surface area (Å²) in [4.78, 5) is 55.4. The van der Waals surface area contributed by atoms with E-state index in [1.165, 1.54) is 13.1 Å². The third-order valence-electron chi connectivity index (χ3n) is 6.43. The van der Waals surface area contributed by atoms with Crippen LogP contribution in [0.3, 0.4) is 0 Å². The molecule has 0 spiro atoms. The predicted molar refractivity (Wildman–Crippen MR) is 141 cm³/mol. The van der Waals surface area contributed by atoms with Crippen LogP contribution in [-0.2, 0) is 21.5 Å². The van der Waals surface area contributed by atoms with Crippen LogP contribution in [0.2, 0.25) is 0 Å². The number of Topliss-reactive ketones (excluding diaryl/α,β-unsaturated/α-hetero) is 1. The van der Waals surface area contributed by atoms with Gasteiger partial charge in [-0.1, -0.05) is 20.8 Å². The van der Waals surface area contributed by atoms with Gasteiger partial charge in [0.15, 0.2) is 23.3 Å². The van der Waals surface area contributed by atoms with Crippen molar-refractivity contribution in [2.45, 2.75) is 52.2 Å². The summed E-state index contributed by atoms with van der Waals surface area (Å²) in [6.45, 7) is 7.96. The van der Waals surface area contributed by atoms with Crippen molar-refractivity contribution in [2.24, 2.45) is 0 Å². The molecule has 2 amide bonds. The van der Waals surface area contributed by atoms with E-state index in [1.807, 2.05) is 20.8 Å². The fourth-order valence-electron chi connectivity index (χ4n) is 4.51. The van der Waals surface area contributed by atoms with Crippen molar-refractivity contribution in [3.63, 3.8) is 0 Å². The van der Waals surface area contributed by atoms with Gasteiger partial charge < -0.3 is 30.1 Å². The van der Waals surface area contributed by atoms with Crippen LogP contribution >= 0.6 is 0 Å². The van der Waals surface area contributed by atoms with Crippen LogP contribution in [0.4, 0.5) is 5.69 Å². The topological polar surface area (TPSA) is 171 Å². The van der Waals surface area contributed by atoms with Gasteiger partial charge in [0.1, 0.15) is 17.3 Å². The number of carbonyl (C=O) groups is 4. The molecule has 1 aromatic heterocycles. The maximum atomic E-state index is 13.5.